The fourth-order valence-corrected chi connectivity index (χ4v) is 4.80. The van der Waals surface area contributed by atoms with E-state index in [9.17, 15) is 4.79 Å². The van der Waals surface area contributed by atoms with Gasteiger partial charge in [-0.05, 0) is 55.7 Å². The Hall–Kier alpha value is -2.37. The molecule has 1 atom stereocenters. The van der Waals surface area contributed by atoms with Gasteiger partial charge in [-0.25, -0.2) is 4.98 Å². The fourth-order valence-electron chi connectivity index (χ4n) is 4.80. The lowest BCUT2D eigenvalue weighted by molar-refractivity contribution is -0.130. The zero-order chi connectivity index (χ0) is 19.1. The van der Waals surface area contributed by atoms with Crippen LogP contribution in [-0.2, 0) is 11.2 Å². The number of hydrogen-bond donors (Lipinski definition) is 1. The Morgan fingerprint density at radius 1 is 1.29 bits per heavy atom. The van der Waals surface area contributed by atoms with E-state index in [0.29, 0.717) is 24.9 Å². The van der Waals surface area contributed by atoms with Crippen LogP contribution in [0.1, 0.15) is 68.1 Å². The Labute approximate surface area is 165 Å². The molecule has 2 heterocycles. The molecule has 1 spiro atoms. The molecule has 2 aliphatic carbocycles. The Bertz CT molecular complexity index is 852. The lowest BCUT2D eigenvalue weighted by atomic mass is 9.62. The molecule has 1 aliphatic heterocycles. The van der Waals surface area contributed by atoms with Crippen LogP contribution in [0.15, 0.2) is 24.3 Å². The lowest BCUT2D eigenvalue weighted by Crippen LogP contribution is -2.38. The van der Waals surface area contributed by atoms with Crippen LogP contribution in [0.5, 0.6) is 5.75 Å². The van der Waals surface area contributed by atoms with Crippen LogP contribution in [0.25, 0.3) is 0 Å². The summed E-state index contributed by atoms with van der Waals surface area (Å²) in [5.41, 5.74) is 1.24. The molecular weight excluding hydrogens is 352 g/mol. The van der Waals surface area contributed by atoms with Gasteiger partial charge in [0.25, 0.3) is 0 Å². The first-order valence-electron chi connectivity index (χ1n) is 10.6. The summed E-state index contributed by atoms with van der Waals surface area (Å²) in [5.74, 6) is 3.89. The Morgan fingerprint density at radius 3 is 2.71 bits per heavy atom. The number of amides is 1. The molecule has 1 saturated heterocycles. The Kier molecular flexibility index (Phi) is 4.37. The predicted molar refractivity (Wildman–Crippen MR) is 105 cm³/mol. The number of nitrogens with one attached hydrogen (secondary N) is 1. The van der Waals surface area contributed by atoms with Gasteiger partial charge in [-0.15, -0.1) is 0 Å². The summed E-state index contributed by atoms with van der Waals surface area (Å²) >= 11 is 0. The Morgan fingerprint density at radius 2 is 2.07 bits per heavy atom. The Balaban J connectivity index is 1.28. The predicted octanol–water partition coefficient (Wildman–Crippen LogP) is 3.42. The van der Waals surface area contributed by atoms with E-state index in [0.717, 1.165) is 36.1 Å². The SMILES string of the molecule is CCOc1ccc(CC(=O)N2CC(c3nc(C4CC4)n[nH]3)C3(CCC3)C2)cc1. The standard InChI is InChI=1S/C22H28N4O2/c1-2-28-17-8-4-15(5-9-17)12-19(27)26-13-18(22(14-26)10-3-11-22)21-23-20(24-25-21)16-6-7-16/h4-5,8-9,16,18H,2-3,6-7,10-14H2,1H3,(H,23,24,25). The van der Waals surface area contributed by atoms with Gasteiger partial charge in [-0.1, -0.05) is 18.6 Å². The molecule has 1 unspecified atom stereocenters. The molecule has 3 fully saturated rings. The summed E-state index contributed by atoms with van der Waals surface area (Å²) in [6.45, 7) is 4.24. The second-order valence-corrected chi connectivity index (χ2v) is 8.65. The van der Waals surface area contributed by atoms with Crippen LogP contribution >= 0.6 is 0 Å². The molecule has 148 valence electrons. The third kappa shape index (κ3) is 3.19. The summed E-state index contributed by atoms with van der Waals surface area (Å²) < 4.78 is 5.49. The van der Waals surface area contributed by atoms with Gasteiger partial charge in [-0.2, -0.15) is 5.10 Å². The van der Waals surface area contributed by atoms with E-state index in [1.165, 1.54) is 32.1 Å². The highest BCUT2D eigenvalue weighted by atomic mass is 16.5. The summed E-state index contributed by atoms with van der Waals surface area (Å²) in [4.78, 5) is 19.9. The maximum absolute atomic E-state index is 13.0. The molecule has 3 aliphatic rings. The average molecular weight is 380 g/mol. The number of nitrogens with zero attached hydrogens (tertiary/aromatic N) is 3. The number of carbonyl (C=O) groups excluding carboxylic acids is 1. The van der Waals surface area contributed by atoms with Crippen molar-refractivity contribution in [2.45, 2.75) is 57.3 Å². The van der Waals surface area contributed by atoms with E-state index >= 15 is 0 Å². The van der Waals surface area contributed by atoms with Gasteiger partial charge >= 0.3 is 0 Å². The number of benzene rings is 1. The minimum atomic E-state index is 0.203. The number of hydrogen-bond acceptors (Lipinski definition) is 4. The quantitative estimate of drug-likeness (QED) is 0.834. The van der Waals surface area contributed by atoms with Gasteiger partial charge in [0, 0.05) is 24.9 Å². The zero-order valence-electron chi connectivity index (χ0n) is 16.5. The highest BCUT2D eigenvalue weighted by molar-refractivity contribution is 5.79. The number of likely N-dealkylation sites (tertiary alicyclic amines) is 1. The molecule has 1 N–H and O–H groups in total. The molecule has 2 aromatic rings. The molecule has 2 saturated carbocycles. The number of carbonyl (C=O) groups is 1. The fraction of sp³-hybridized carbons (Fsp3) is 0.591. The highest BCUT2D eigenvalue weighted by Gasteiger charge is 2.53. The van der Waals surface area contributed by atoms with Crippen LogP contribution in [-0.4, -0.2) is 45.7 Å². The van der Waals surface area contributed by atoms with Crippen LogP contribution in [0, 0.1) is 5.41 Å². The summed E-state index contributed by atoms with van der Waals surface area (Å²) in [6, 6.07) is 7.88. The molecule has 1 aromatic heterocycles. The minimum absolute atomic E-state index is 0.203. The largest absolute Gasteiger partial charge is 0.494 e. The van der Waals surface area contributed by atoms with Crippen LogP contribution in [0.4, 0.5) is 0 Å². The van der Waals surface area contributed by atoms with Crippen molar-refractivity contribution in [2.24, 2.45) is 5.41 Å². The van der Waals surface area contributed by atoms with E-state index in [1.54, 1.807) is 0 Å². The molecule has 5 rings (SSSR count). The molecule has 6 heteroatoms. The van der Waals surface area contributed by atoms with Crippen molar-refractivity contribution in [3.05, 3.63) is 41.5 Å². The molecule has 6 nitrogen and oxygen atoms in total. The average Bonchev–Trinajstić information content (AvgIpc) is 3.25. The van der Waals surface area contributed by atoms with Gasteiger partial charge in [-0.3, -0.25) is 9.89 Å². The number of ether oxygens (including phenoxy) is 1. The number of aromatic nitrogens is 3. The second-order valence-electron chi connectivity index (χ2n) is 8.65. The van der Waals surface area contributed by atoms with Crippen LogP contribution in [0.3, 0.4) is 0 Å². The number of H-pyrrole nitrogens is 1. The number of rotatable bonds is 6. The van der Waals surface area contributed by atoms with E-state index < -0.39 is 0 Å². The van der Waals surface area contributed by atoms with Gasteiger partial charge < -0.3 is 9.64 Å². The summed E-state index contributed by atoms with van der Waals surface area (Å²) in [6.07, 6.45) is 6.48. The van der Waals surface area contributed by atoms with E-state index in [1.807, 2.05) is 31.2 Å². The maximum atomic E-state index is 13.0. The maximum Gasteiger partial charge on any atom is 0.227 e. The second kappa shape index (κ2) is 6.90. The van der Waals surface area contributed by atoms with Crippen molar-refractivity contribution >= 4 is 5.91 Å². The zero-order valence-corrected chi connectivity index (χ0v) is 16.5. The highest BCUT2D eigenvalue weighted by Crippen LogP contribution is 2.55. The summed E-state index contributed by atoms with van der Waals surface area (Å²) in [5, 5.41) is 7.66. The van der Waals surface area contributed by atoms with Crippen molar-refractivity contribution in [3.63, 3.8) is 0 Å². The minimum Gasteiger partial charge on any atom is -0.494 e. The smallest absolute Gasteiger partial charge is 0.227 e. The number of aromatic amines is 1. The lowest BCUT2D eigenvalue weighted by Gasteiger charge is -2.41. The molecule has 0 radical (unpaired) electrons. The first-order valence-corrected chi connectivity index (χ1v) is 10.6. The monoisotopic (exact) mass is 380 g/mol. The van der Waals surface area contributed by atoms with E-state index in [2.05, 4.69) is 15.1 Å². The van der Waals surface area contributed by atoms with Crippen molar-refractivity contribution in [2.75, 3.05) is 19.7 Å². The van der Waals surface area contributed by atoms with Gasteiger partial charge in [0.1, 0.15) is 11.6 Å². The van der Waals surface area contributed by atoms with Crippen molar-refractivity contribution in [1.82, 2.24) is 20.1 Å². The van der Waals surface area contributed by atoms with Gasteiger partial charge in [0.15, 0.2) is 5.82 Å². The third-order valence-corrected chi connectivity index (χ3v) is 6.73. The van der Waals surface area contributed by atoms with Crippen LogP contribution in [0.2, 0.25) is 0 Å². The molecule has 1 aromatic carbocycles. The van der Waals surface area contributed by atoms with Crippen LogP contribution < -0.4 is 4.74 Å². The normalized spacial score (nSPS) is 23.0. The van der Waals surface area contributed by atoms with Crippen molar-refractivity contribution < 1.29 is 9.53 Å². The van der Waals surface area contributed by atoms with Crippen molar-refractivity contribution in [3.8, 4) is 5.75 Å². The van der Waals surface area contributed by atoms with E-state index in [-0.39, 0.29) is 11.3 Å². The first-order chi connectivity index (χ1) is 13.7. The first kappa shape index (κ1) is 17.7. The summed E-state index contributed by atoms with van der Waals surface area (Å²) in [7, 11) is 0. The van der Waals surface area contributed by atoms with E-state index in [4.69, 9.17) is 9.72 Å². The topological polar surface area (TPSA) is 71.1 Å². The van der Waals surface area contributed by atoms with Crippen molar-refractivity contribution in [1.29, 1.82) is 0 Å². The molecule has 28 heavy (non-hydrogen) atoms. The third-order valence-electron chi connectivity index (χ3n) is 6.73. The van der Waals surface area contributed by atoms with Gasteiger partial charge in [0.05, 0.1) is 13.0 Å². The molecule has 0 bridgehead atoms. The van der Waals surface area contributed by atoms with Gasteiger partial charge in [0.2, 0.25) is 5.91 Å². The molecule has 1 amide bonds. The molecular formula is C22H28N4O2.